The highest BCUT2D eigenvalue weighted by Crippen LogP contribution is 2.31. The third kappa shape index (κ3) is 4.64. The molecule has 9 heteroatoms. The van der Waals surface area contributed by atoms with Gasteiger partial charge in [-0.2, -0.15) is 4.31 Å². The van der Waals surface area contributed by atoms with Crippen LogP contribution in [-0.2, 0) is 26.2 Å². The predicted octanol–water partition coefficient (Wildman–Crippen LogP) is 3.00. The Kier molecular flexibility index (Phi) is 6.52. The van der Waals surface area contributed by atoms with E-state index < -0.39 is 27.9 Å². The topological polar surface area (TPSA) is 96.9 Å². The maximum absolute atomic E-state index is 13.5. The van der Waals surface area contributed by atoms with Crippen molar-refractivity contribution in [2.45, 2.75) is 30.8 Å². The molecule has 2 aromatic carbocycles. The monoisotopic (exact) mass is 465 g/mol. The number of carbonyl (C=O) groups excluding carboxylic acids is 2. The average molecular weight is 466 g/mol. The van der Waals surface area contributed by atoms with Crippen molar-refractivity contribution in [2.75, 3.05) is 11.5 Å². The van der Waals surface area contributed by atoms with E-state index in [2.05, 4.69) is 4.98 Å². The van der Waals surface area contributed by atoms with Gasteiger partial charge in [0.25, 0.3) is 5.91 Å². The fourth-order valence-electron chi connectivity index (χ4n) is 3.73. The van der Waals surface area contributed by atoms with Crippen LogP contribution in [0.3, 0.4) is 0 Å². The van der Waals surface area contributed by atoms with Crippen molar-refractivity contribution in [3.8, 4) is 5.75 Å². The van der Waals surface area contributed by atoms with Crippen LogP contribution in [-0.4, -0.2) is 42.2 Å². The molecular weight excluding hydrogens is 442 g/mol. The minimum Gasteiger partial charge on any atom is -0.494 e. The summed E-state index contributed by atoms with van der Waals surface area (Å²) in [5.41, 5.74) is 0.978. The van der Waals surface area contributed by atoms with Crippen LogP contribution in [0.2, 0.25) is 0 Å². The summed E-state index contributed by atoms with van der Waals surface area (Å²) in [6, 6.07) is 16.7. The van der Waals surface area contributed by atoms with Crippen molar-refractivity contribution >= 4 is 27.5 Å². The van der Waals surface area contributed by atoms with E-state index in [4.69, 9.17) is 4.74 Å². The molecule has 1 atom stereocenters. The number of sulfonamides is 1. The Morgan fingerprint density at radius 3 is 2.39 bits per heavy atom. The number of anilines is 1. The Morgan fingerprint density at radius 1 is 1.03 bits per heavy atom. The molecule has 1 aliphatic heterocycles. The Morgan fingerprint density at radius 2 is 1.76 bits per heavy atom. The van der Waals surface area contributed by atoms with Gasteiger partial charge in [0.1, 0.15) is 11.8 Å². The Bertz CT molecular complexity index is 1230. The second-order valence-electron chi connectivity index (χ2n) is 7.44. The molecule has 1 aliphatic rings. The second kappa shape index (κ2) is 9.51. The van der Waals surface area contributed by atoms with Gasteiger partial charge in [-0.1, -0.05) is 24.3 Å². The zero-order valence-electron chi connectivity index (χ0n) is 18.0. The molecule has 0 spiro atoms. The molecule has 1 saturated heterocycles. The second-order valence-corrected chi connectivity index (χ2v) is 9.33. The number of nitrogens with zero attached hydrogens (tertiary/aromatic N) is 3. The Balaban J connectivity index is 1.70. The number of amides is 2. The number of benzene rings is 2. The van der Waals surface area contributed by atoms with Crippen LogP contribution < -0.4 is 9.64 Å². The van der Waals surface area contributed by atoms with Crippen LogP contribution in [0.15, 0.2) is 84.0 Å². The van der Waals surface area contributed by atoms with Crippen LogP contribution in [0.4, 0.5) is 5.69 Å². The molecular formula is C24H23N3O5S. The normalized spacial score (nSPS) is 16.4. The van der Waals surface area contributed by atoms with Crippen molar-refractivity contribution < 1.29 is 22.7 Å². The molecule has 33 heavy (non-hydrogen) atoms. The summed E-state index contributed by atoms with van der Waals surface area (Å²) in [4.78, 5) is 31.4. The van der Waals surface area contributed by atoms with Crippen molar-refractivity contribution in [3.63, 3.8) is 0 Å². The van der Waals surface area contributed by atoms with E-state index in [-0.39, 0.29) is 17.9 Å². The highest BCUT2D eigenvalue weighted by Gasteiger charge is 2.47. The van der Waals surface area contributed by atoms with Crippen molar-refractivity contribution in [1.82, 2.24) is 9.29 Å². The average Bonchev–Trinajstić information content (AvgIpc) is 3.13. The minimum atomic E-state index is -4.07. The van der Waals surface area contributed by atoms with Crippen molar-refractivity contribution in [3.05, 3.63) is 84.7 Å². The molecule has 0 aliphatic carbocycles. The van der Waals surface area contributed by atoms with E-state index >= 15 is 0 Å². The lowest BCUT2D eigenvalue weighted by molar-refractivity contribution is -0.122. The fraction of sp³-hybridized carbons (Fsp3) is 0.208. The lowest BCUT2D eigenvalue weighted by Crippen LogP contribution is -2.45. The number of hydrogen-bond donors (Lipinski definition) is 0. The molecule has 3 aromatic rings. The number of pyridine rings is 1. The zero-order valence-corrected chi connectivity index (χ0v) is 18.8. The van der Waals surface area contributed by atoms with Gasteiger partial charge in [0.05, 0.1) is 23.6 Å². The number of imide groups is 1. The number of ether oxygens (including phenoxy) is 1. The highest BCUT2D eigenvalue weighted by molar-refractivity contribution is 7.89. The van der Waals surface area contributed by atoms with Gasteiger partial charge >= 0.3 is 0 Å². The van der Waals surface area contributed by atoms with Crippen LogP contribution in [0.1, 0.15) is 18.9 Å². The van der Waals surface area contributed by atoms with E-state index in [1.165, 1.54) is 12.1 Å². The zero-order chi connectivity index (χ0) is 23.4. The summed E-state index contributed by atoms with van der Waals surface area (Å²) in [6.45, 7) is 2.26. The third-order valence-electron chi connectivity index (χ3n) is 5.29. The quantitative estimate of drug-likeness (QED) is 0.475. The summed E-state index contributed by atoms with van der Waals surface area (Å²) >= 11 is 0. The van der Waals surface area contributed by atoms with Gasteiger partial charge in [-0.15, -0.1) is 0 Å². The molecule has 0 N–H and O–H groups in total. The van der Waals surface area contributed by atoms with E-state index in [1.807, 2.05) is 6.92 Å². The molecule has 2 heterocycles. The maximum atomic E-state index is 13.5. The summed E-state index contributed by atoms with van der Waals surface area (Å²) in [5, 5.41) is 0. The first kappa shape index (κ1) is 22.6. The first-order chi connectivity index (χ1) is 15.9. The van der Waals surface area contributed by atoms with Crippen molar-refractivity contribution in [1.29, 1.82) is 0 Å². The van der Waals surface area contributed by atoms with Crippen LogP contribution in [0.5, 0.6) is 5.75 Å². The molecule has 0 radical (unpaired) electrons. The van der Waals surface area contributed by atoms with Gasteiger partial charge in [-0.25, -0.2) is 13.3 Å². The SMILES string of the molecule is CCOc1ccc(N2C(=O)CC(N(Cc3cccnc3)S(=O)(=O)c3ccccc3)C2=O)cc1. The van der Waals surface area contributed by atoms with Gasteiger partial charge in [0.15, 0.2) is 0 Å². The smallest absolute Gasteiger partial charge is 0.252 e. The molecule has 0 saturated carbocycles. The molecule has 4 rings (SSSR count). The third-order valence-corrected chi connectivity index (χ3v) is 7.16. The number of carbonyl (C=O) groups is 2. The molecule has 170 valence electrons. The molecule has 1 unspecified atom stereocenters. The summed E-state index contributed by atoms with van der Waals surface area (Å²) in [6.07, 6.45) is 2.87. The lowest BCUT2D eigenvalue weighted by atomic mass is 10.2. The van der Waals surface area contributed by atoms with Crippen LogP contribution in [0.25, 0.3) is 0 Å². The van der Waals surface area contributed by atoms with E-state index in [9.17, 15) is 18.0 Å². The first-order valence-corrected chi connectivity index (χ1v) is 11.9. The lowest BCUT2D eigenvalue weighted by Gasteiger charge is -2.27. The summed E-state index contributed by atoms with van der Waals surface area (Å²) in [5.74, 6) is -0.442. The fourth-order valence-corrected chi connectivity index (χ4v) is 5.32. The van der Waals surface area contributed by atoms with E-state index in [0.29, 0.717) is 23.6 Å². The van der Waals surface area contributed by atoms with Gasteiger partial charge in [-0.05, 0) is 55.0 Å². The number of rotatable bonds is 8. The van der Waals surface area contributed by atoms with Crippen LogP contribution in [0, 0.1) is 0 Å². The van der Waals surface area contributed by atoms with Crippen molar-refractivity contribution in [2.24, 2.45) is 0 Å². The van der Waals surface area contributed by atoms with Gasteiger partial charge in [0, 0.05) is 18.9 Å². The molecule has 0 bridgehead atoms. The number of aromatic nitrogens is 1. The highest BCUT2D eigenvalue weighted by atomic mass is 32.2. The first-order valence-electron chi connectivity index (χ1n) is 10.5. The van der Waals surface area contributed by atoms with E-state index in [1.54, 1.807) is 67.0 Å². The largest absolute Gasteiger partial charge is 0.494 e. The van der Waals surface area contributed by atoms with Gasteiger partial charge < -0.3 is 4.74 Å². The maximum Gasteiger partial charge on any atom is 0.252 e. The molecule has 2 amide bonds. The minimum absolute atomic E-state index is 0.0497. The summed E-state index contributed by atoms with van der Waals surface area (Å²) in [7, 11) is -4.07. The summed E-state index contributed by atoms with van der Waals surface area (Å²) < 4.78 is 33.6. The molecule has 8 nitrogen and oxygen atoms in total. The Labute approximate surface area is 192 Å². The Hall–Kier alpha value is -3.56. The van der Waals surface area contributed by atoms with Crippen LogP contribution >= 0.6 is 0 Å². The van der Waals surface area contributed by atoms with E-state index in [0.717, 1.165) is 9.21 Å². The standard InChI is InChI=1S/C24H23N3O5S/c1-2-32-20-12-10-19(11-13-20)27-23(28)15-22(24(27)29)26(17-18-7-6-14-25-16-18)33(30,31)21-8-4-3-5-9-21/h3-14,16,22H,2,15,17H2,1H3. The molecule has 1 fully saturated rings. The van der Waals surface area contributed by atoms with Gasteiger partial charge in [0.2, 0.25) is 15.9 Å². The predicted molar refractivity (Wildman–Crippen MR) is 122 cm³/mol. The molecule has 1 aromatic heterocycles. The number of hydrogen-bond acceptors (Lipinski definition) is 6. The van der Waals surface area contributed by atoms with Gasteiger partial charge in [-0.3, -0.25) is 14.6 Å².